The van der Waals surface area contributed by atoms with Crippen LogP contribution in [0.3, 0.4) is 0 Å². The molecule has 0 aliphatic rings. The van der Waals surface area contributed by atoms with E-state index in [1.165, 1.54) is 0 Å². The summed E-state index contributed by atoms with van der Waals surface area (Å²) in [5, 5.41) is 10.9. The minimum absolute atomic E-state index is 0.194. The van der Waals surface area contributed by atoms with E-state index in [-0.39, 0.29) is 6.61 Å². The van der Waals surface area contributed by atoms with Crippen molar-refractivity contribution < 1.29 is 5.11 Å². The molecule has 1 aromatic carbocycles. The minimum atomic E-state index is -0.194. The Morgan fingerprint density at radius 3 is 2.67 bits per heavy atom. The van der Waals surface area contributed by atoms with Crippen molar-refractivity contribution in [1.82, 2.24) is 0 Å². The van der Waals surface area contributed by atoms with Crippen molar-refractivity contribution in [2.75, 3.05) is 0 Å². The van der Waals surface area contributed by atoms with Crippen LogP contribution in [-0.2, 0) is 6.61 Å². The zero-order chi connectivity index (χ0) is 6.69. The fourth-order valence-electron chi connectivity index (χ4n) is 0.627. The van der Waals surface area contributed by atoms with Crippen LogP contribution in [0.25, 0.3) is 0 Å². The van der Waals surface area contributed by atoms with Crippen molar-refractivity contribution in [2.24, 2.45) is 0 Å². The molecule has 9 heavy (non-hydrogen) atoms. The van der Waals surface area contributed by atoms with Crippen molar-refractivity contribution in [3.63, 3.8) is 0 Å². The Morgan fingerprint density at radius 1 is 1.44 bits per heavy atom. The van der Waals surface area contributed by atoms with Gasteiger partial charge in [0, 0.05) is 5.02 Å². The van der Waals surface area contributed by atoms with Crippen LogP contribution in [0.4, 0.5) is 0 Å². The zero-order valence-electron chi connectivity index (χ0n) is 4.80. The summed E-state index contributed by atoms with van der Waals surface area (Å²) in [6.07, 6.45) is 0. The third kappa shape index (κ3) is 1.70. The first-order chi connectivity index (χ1) is 4.33. The molecule has 0 radical (unpaired) electrons. The van der Waals surface area contributed by atoms with Crippen LogP contribution < -0.4 is 5.11 Å². The number of benzene rings is 1. The van der Waals surface area contributed by atoms with Crippen LogP contribution in [0.15, 0.2) is 24.3 Å². The predicted octanol–water partition coefficient (Wildman–Crippen LogP) is 1.20. The van der Waals surface area contributed by atoms with Crippen LogP contribution >= 0.6 is 11.6 Å². The molecule has 0 amide bonds. The van der Waals surface area contributed by atoms with Gasteiger partial charge in [0.2, 0.25) is 0 Å². The molecule has 0 aliphatic carbocycles. The molecular weight excluding hydrogens is 136 g/mol. The quantitative estimate of drug-likeness (QED) is 0.577. The molecule has 1 nitrogen and oxygen atoms in total. The second kappa shape index (κ2) is 2.85. The number of halogens is 1. The Kier molecular flexibility index (Phi) is 2.09. The van der Waals surface area contributed by atoms with Gasteiger partial charge in [-0.1, -0.05) is 29.3 Å². The average Bonchev–Trinajstić information content (AvgIpc) is 1.88. The molecule has 0 N–H and O–H groups in total. The van der Waals surface area contributed by atoms with Crippen molar-refractivity contribution >= 4 is 11.6 Å². The monoisotopic (exact) mass is 141 g/mol. The first-order valence-corrected chi connectivity index (χ1v) is 3.03. The maximum absolute atomic E-state index is 10.2. The van der Waals surface area contributed by atoms with Gasteiger partial charge in [0.15, 0.2) is 0 Å². The van der Waals surface area contributed by atoms with E-state index in [2.05, 4.69) is 0 Å². The summed E-state index contributed by atoms with van der Waals surface area (Å²) in [4.78, 5) is 0. The van der Waals surface area contributed by atoms with Gasteiger partial charge in [-0.15, -0.1) is 6.61 Å². The lowest BCUT2D eigenvalue weighted by Crippen LogP contribution is -2.01. The van der Waals surface area contributed by atoms with Crippen LogP contribution in [0.2, 0.25) is 5.02 Å². The lowest BCUT2D eigenvalue weighted by atomic mass is 10.2. The van der Waals surface area contributed by atoms with Gasteiger partial charge in [-0.3, -0.25) is 0 Å². The molecular formula is C7H6ClO-. The highest BCUT2D eigenvalue weighted by Gasteiger charge is 1.84. The van der Waals surface area contributed by atoms with Gasteiger partial charge in [-0.05, 0) is 12.1 Å². The van der Waals surface area contributed by atoms with E-state index in [1.807, 2.05) is 0 Å². The Labute approximate surface area is 58.9 Å². The maximum Gasteiger partial charge on any atom is 0.0408 e. The van der Waals surface area contributed by atoms with E-state index < -0.39 is 0 Å². The van der Waals surface area contributed by atoms with E-state index in [1.54, 1.807) is 24.3 Å². The highest BCUT2D eigenvalue weighted by atomic mass is 35.5. The van der Waals surface area contributed by atoms with Gasteiger partial charge in [-0.2, -0.15) is 0 Å². The molecule has 0 aromatic heterocycles. The molecule has 1 aromatic rings. The molecule has 0 heterocycles. The summed E-state index contributed by atoms with van der Waals surface area (Å²) in [5.74, 6) is 0. The van der Waals surface area contributed by atoms with Gasteiger partial charge >= 0.3 is 0 Å². The minimum Gasteiger partial charge on any atom is -0.851 e. The zero-order valence-corrected chi connectivity index (χ0v) is 5.56. The van der Waals surface area contributed by atoms with Crippen molar-refractivity contribution in [2.45, 2.75) is 6.61 Å². The SMILES string of the molecule is [O-]Cc1cccc(Cl)c1. The Bertz CT molecular complexity index is 198. The summed E-state index contributed by atoms with van der Waals surface area (Å²) < 4.78 is 0. The van der Waals surface area contributed by atoms with Crippen LogP contribution in [-0.4, -0.2) is 0 Å². The molecule has 0 spiro atoms. The fourth-order valence-corrected chi connectivity index (χ4v) is 0.840. The second-order valence-corrected chi connectivity index (χ2v) is 2.21. The van der Waals surface area contributed by atoms with Crippen molar-refractivity contribution in [1.29, 1.82) is 0 Å². The van der Waals surface area contributed by atoms with E-state index >= 15 is 0 Å². The maximum atomic E-state index is 10.2. The first kappa shape index (κ1) is 6.59. The van der Waals surface area contributed by atoms with Crippen LogP contribution in [0.5, 0.6) is 0 Å². The van der Waals surface area contributed by atoms with E-state index in [4.69, 9.17) is 11.6 Å². The summed E-state index contributed by atoms with van der Waals surface area (Å²) in [6.45, 7) is -0.194. The molecule has 0 saturated carbocycles. The molecule has 1 rings (SSSR count). The van der Waals surface area contributed by atoms with Crippen LogP contribution in [0.1, 0.15) is 5.56 Å². The highest BCUT2D eigenvalue weighted by Crippen LogP contribution is 2.09. The normalized spacial score (nSPS) is 9.56. The largest absolute Gasteiger partial charge is 0.851 e. The third-order valence-electron chi connectivity index (χ3n) is 1.06. The number of rotatable bonds is 1. The molecule has 48 valence electrons. The van der Waals surface area contributed by atoms with Gasteiger partial charge in [-0.25, -0.2) is 0 Å². The van der Waals surface area contributed by atoms with E-state index in [9.17, 15) is 5.11 Å². The Morgan fingerprint density at radius 2 is 2.22 bits per heavy atom. The molecule has 0 unspecified atom stereocenters. The number of hydrogen-bond acceptors (Lipinski definition) is 1. The van der Waals surface area contributed by atoms with Gasteiger partial charge in [0.25, 0.3) is 0 Å². The Hall–Kier alpha value is -0.530. The summed E-state index contributed by atoms with van der Waals surface area (Å²) in [6, 6.07) is 6.96. The van der Waals surface area contributed by atoms with Crippen LogP contribution in [0, 0.1) is 0 Å². The standard InChI is InChI=1S/C7H6ClO/c8-7-3-1-2-6(4-7)5-9/h1-4H,5H2/q-1. The fraction of sp³-hybridized carbons (Fsp3) is 0.143. The van der Waals surface area contributed by atoms with Gasteiger partial charge in [0.05, 0.1) is 0 Å². The van der Waals surface area contributed by atoms with Gasteiger partial charge < -0.3 is 5.11 Å². The van der Waals surface area contributed by atoms with E-state index in [0.717, 1.165) is 5.56 Å². The Balaban J connectivity index is 2.94. The third-order valence-corrected chi connectivity index (χ3v) is 1.29. The molecule has 0 aliphatic heterocycles. The van der Waals surface area contributed by atoms with Crippen molar-refractivity contribution in [3.05, 3.63) is 34.9 Å². The highest BCUT2D eigenvalue weighted by molar-refractivity contribution is 6.30. The second-order valence-electron chi connectivity index (χ2n) is 1.77. The topological polar surface area (TPSA) is 23.1 Å². The smallest absolute Gasteiger partial charge is 0.0408 e. The number of hydrogen-bond donors (Lipinski definition) is 0. The molecule has 0 bridgehead atoms. The summed E-state index contributed by atoms with van der Waals surface area (Å²) >= 11 is 5.58. The molecule has 2 heteroatoms. The molecule has 0 fully saturated rings. The lowest BCUT2D eigenvalue weighted by Gasteiger charge is -2.02. The lowest BCUT2D eigenvalue weighted by molar-refractivity contribution is -0.386. The first-order valence-electron chi connectivity index (χ1n) is 2.65. The van der Waals surface area contributed by atoms with Crippen molar-refractivity contribution in [3.8, 4) is 0 Å². The molecule has 0 atom stereocenters. The summed E-state index contributed by atoms with van der Waals surface area (Å²) in [5.41, 5.74) is 0.738. The van der Waals surface area contributed by atoms with E-state index in [0.29, 0.717) is 5.02 Å². The van der Waals surface area contributed by atoms with Gasteiger partial charge in [0.1, 0.15) is 0 Å². The predicted molar refractivity (Wildman–Crippen MR) is 35.2 cm³/mol. The summed E-state index contributed by atoms with van der Waals surface area (Å²) in [7, 11) is 0. The average molecular weight is 142 g/mol. The molecule has 0 saturated heterocycles.